The molecule has 0 aromatic heterocycles. The van der Waals surface area contributed by atoms with Crippen LogP contribution in [0.5, 0.6) is 11.5 Å². The maximum Gasteiger partial charge on any atom is 0.193 e. The van der Waals surface area contributed by atoms with E-state index in [4.69, 9.17) is 32.7 Å². The third kappa shape index (κ3) is 4.19. The average Bonchev–Trinajstić information content (AvgIpc) is 2.47. The van der Waals surface area contributed by atoms with Crippen molar-refractivity contribution in [2.75, 3.05) is 14.2 Å². The van der Waals surface area contributed by atoms with Crippen LogP contribution in [0.3, 0.4) is 0 Å². The number of carbonyl (C=O) groups excluding carboxylic acids is 1. The molecule has 0 saturated carbocycles. The number of halogens is 2. The van der Waals surface area contributed by atoms with Gasteiger partial charge in [-0.15, -0.1) is 0 Å². The first-order chi connectivity index (χ1) is 10.1. The molecule has 0 N–H and O–H groups in total. The van der Waals surface area contributed by atoms with Gasteiger partial charge in [0, 0.05) is 18.9 Å². The van der Waals surface area contributed by atoms with Gasteiger partial charge in [0.25, 0.3) is 0 Å². The maximum atomic E-state index is 12.6. The fourth-order valence-electron chi connectivity index (χ4n) is 1.90. The Bertz CT molecular complexity index is 637. The van der Waals surface area contributed by atoms with Crippen LogP contribution in [0.1, 0.15) is 10.4 Å². The van der Waals surface area contributed by atoms with E-state index in [1.54, 1.807) is 0 Å². The molecule has 3 nitrogen and oxygen atoms in total. The van der Waals surface area contributed by atoms with E-state index in [1.165, 1.54) is 20.3 Å². The SMILES string of the molecule is COc1c(Cl)cc(Cl)c(OC)c1C(=O)Pc1ccccc1.[Li]. The molecular weight excluding hydrogens is 337 g/mol. The van der Waals surface area contributed by atoms with Crippen molar-refractivity contribution in [3.05, 3.63) is 52.0 Å². The zero-order chi connectivity index (χ0) is 15.4. The van der Waals surface area contributed by atoms with Crippen molar-refractivity contribution in [3.8, 4) is 11.5 Å². The van der Waals surface area contributed by atoms with Crippen LogP contribution >= 0.6 is 31.8 Å². The third-order valence-electron chi connectivity index (χ3n) is 2.81. The van der Waals surface area contributed by atoms with Crippen LogP contribution in [-0.2, 0) is 0 Å². The van der Waals surface area contributed by atoms with Crippen LogP contribution in [0.2, 0.25) is 10.0 Å². The van der Waals surface area contributed by atoms with E-state index in [-0.39, 0.29) is 60.1 Å². The van der Waals surface area contributed by atoms with Gasteiger partial charge >= 0.3 is 0 Å². The molecule has 0 spiro atoms. The molecule has 0 aliphatic rings. The second kappa shape index (κ2) is 8.82. The Morgan fingerprint density at radius 3 is 1.95 bits per heavy atom. The summed E-state index contributed by atoms with van der Waals surface area (Å²) in [5, 5.41) is 1.48. The van der Waals surface area contributed by atoms with Gasteiger partial charge < -0.3 is 9.47 Å². The van der Waals surface area contributed by atoms with Gasteiger partial charge in [0.05, 0.1) is 24.3 Å². The van der Waals surface area contributed by atoms with E-state index in [1.807, 2.05) is 30.3 Å². The summed E-state index contributed by atoms with van der Waals surface area (Å²) in [5.41, 5.74) is 0.138. The van der Waals surface area contributed by atoms with Gasteiger partial charge in [0.2, 0.25) is 0 Å². The summed E-state index contributed by atoms with van der Waals surface area (Å²) in [5.74, 6) is 0.567. The summed E-state index contributed by atoms with van der Waals surface area (Å²) in [4.78, 5) is 12.6. The molecule has 0 aliphatic carbocycles. The number of carbonyl (C=O) groups is 1. The predicted molar refractivity (Wildman–Crippen MR) is 94.0 cm³/mol. The van der Waals surface area contributed by atoms with Crippen LogP contribution in [0.4, 0.5) is 0 Å². The molecule has 0 aliphatic heterocycles. The molecule has 22 heavy (non-hydrogen) atoms. The van der Waals surface area contributed by atoms with Crippen LogP contribution in [0, 0.1) is 0 Å². The van der Waals surface area contributed by atoms with Gasteiger partial charge in [-0.3, -0.25) is 4.79 Å². The Hall–Kier alpha value is -0.683. The van der Waals surface area contributed by atoms with E-state index in [0.717, 1.165) is 5.30 Å². The number of ether oxygens (including phenoxy) is 2. The summed E-state index contributed by atoms with van der Waals surface area (Å²) in [6.45, 7) is 0. The molecule has 2 rings (SSSR count). The Kier molecular flexibility index (Phi) is 7.76. The van der Waals surface area contributed by atoms with Crippen LogP contribution in [0.25, 0.3) is 0 Å². The molecule has 2 aromatic carbocycles. The van der Waals surface area contributed by atoms with Crippen molar-refractivity contribution < 1.29 is 14.3 Å². The molecular formula is C15H13Cl2LiO3P. The van der Waals surface area contributed by atoms with Crippen LogP contribution in [0.15, 0.2) is 36.4 Å². The Balaban J connectivity index is 0.00000242. The van der Waals surface area contributed by atoms with Gasteiger partial charge in [0.15, 0.2) is 17.0 Å². The second-order valence-electron chi connectivity index (χ2n) is 4.10. The molecule has 111 valence electrons. The minimum atomic E-state index is -0.140. The maximum absolute atomic E-state index is 12.6. The summed E-state index contributed by atoms with van der Waals surface area (Å²) in [6.07, 6.45) is 0. The van der Waals surface area contributed by atoms with E-state index in [2.05, 4.69) is 0 Å². The monoisotopic (exact) mass is 349 g/mol. The van der Waals surface area contributed by atoms with Gasteiger partial charge in [0.1, 0.15) is 5.56 Å². The number of hydrogen-bond acceptors (Lipinski definition) is 3. The third-order valence-corrected chi connectivity index (χ3v) is 4.47. The number of rotatable bonds is 5. The Morgan fingerprint density at radius 1 is 1.00 bits per heavy atom. The van der Waals surface area contributed by atoms with Crippen molar-refractivity contribution in [3.63, 3.8) is 0 Å². The number of methoxy groups -OCH3 is 2. The van der Waals surface area contributed by atoms with Crippen molar-refractivity contribution in [2.24, 2.45) is 0 Å². The fourth-order valence-corrected chi connectivity index (χ4v) is 3.50. The molecule has 2 aromatic rings. The zero-order valence-electron chi connectivity index (χ0n) is 12.4. The molecule has 0 saturated heterocycles. The Labute approximate surface area is 153 Å². The fraction of sp³-hybridized carbons (Fsp3) is 0.133. The van der Waals surface area contributed by atoms with E-state index in [0.29, 0.717) is 0 Å². The van der Waals surface area contributed by atoms with Crippen molar-refractivity contribution in [1.29, 1.82) is 0 Å². The molecule has 1 unspecified atom stereocenters. The minimum absolute atomic E-state index is 0. The van der Waals surface area contributed by atoms with Gasteiger partial charge in [-0.05, 0) is 20.0 Å². The normalized spacial score (nSPS) is 10.4. The number of benzene rings is 2. The molecule has 0 heterocycles. The second-order valence-corrected chi connectivity index (χ2v) is 6.20. The van der Waals surface area contributed by atoms with Gasteiger partial charge in [-0.25, -0.2) is 0 Å². The van der Waals surface area contributed by atoms with Gasteiger partial charge in [-0.2, -0.15) is 0 Å². The van der Waals surface area contributed by atoms with E-state index >= 15 is 0 Å². The standard InChI is InChI=1S/C15H13Cl2O3P.Li/c1-19-13-10(16)8-11(17)14(20-2)12(13)15(18)21-9-6-4-3-5-7-9;/h3-8,21H,1-2H3;. The topological polar surface area (TPSA) is 35.5 Å². The largest absolute Gasteiger partial charge is 0.494 e. The van der Waals surface area contributed by atoms with Crippen molar-refractivity contribution in [1.82, 2.24) is 0 Å². The van der Waals surface area contributed by atoms with Crippen LogP contribution in [-0.4, -0.2) is 38.6 Å². The molecule has 0 fully saturated rings. The summed E-state index contributed by atoms with van der Waals surface area (Å²) < 4.78 is 10.5. The predicted octanol–water partition coefficient (Wildman–Crippen LogP) is 3.77. The number of hydrogen-bond donors (Lipinski definition) is 0. The van der Waals surface area contributed by atoms with Gasteiger partial charge in [-0.1, -0.05) is 53.5 Å². The van der Waals surface area contributed by atoms with Crippen molar-refractivity contribution in [2.45, 2.75) is 0 Å². The molecule has 0 bridgehead atoms. The summed E-state index contributed by atoms with van der Waals surface area (Å²) >= 11 is 12.2. The summed E-state index contributed by atoms with van der Waals surface area (Å²) in [7, 11) is 2.84. The first-order valence-electron chi connectivity index (χ1n) is 6.04. The minimum Gasteiger partial charge on any atom is -0.494 e. The molecule has 7 heteroatoms. The van der Waals surface area contributed by atoms with Crippen molar-refractivity contribution >= 4 is 61.5 Å². The Morgan fingerprint density at radius 2 is 1.50 bits per heavy atom. The average molecular weight is 350 g/mol. The molecule has 0 amide bonds. The van der Waals surface area contributed by atoms with Crippen LogP contribution < -0.4 is 14.8 Å². The summed E-state index contributed by atoms with van der Waals surface area (Å²) in [6, 6.07) is 11.0. The smallest absolute Gasteiger partial charge is 0.193 e. The first-order valence-corrected chi connectivity index (χ1v) is 7.80. The van der Waals surface area contributed by atoms with E-state index in [9.17, 15) is 4.79 Å². The van der Waals surface area contributed by atoms with E-state index < -0.39 is 0 Å². The first kappa shape index (κ1) is 19.4. The molecule has 1 radical (unpaired) electrons. The molecule has 1 atom stereocenters. The quantitative estimate of drug-likeness (QED) is 0.608. The zero-order valence-corrected chi connectivity index (χ0v) is 15.0.